The fourth-order valence-corrected chi connectivity index (χ4v) is 9.28. The Morgan fingerprint density at radius 2 is 0.553 bits per heavy atom. The average molecular weight is 1120 g/mol. The van der Waals surface area contributed by atoms with Crippen LogP contribution in [0.25, 0.3) is 43.8 Å². The third kappa shape index (κ3) is 24.5. The molecule has 0 amide bonds. The highest BCUT2D eigenvalue weighted by atomic mass is 14.2. The zero-order valence-corrected chi connectivity index (χ0v) is 54.1. The third-order valence-corrected chi connectivity index (χ3v) is 14.6. The van der Waals surface area contributed by atoms with Crippen LogP contribution in [-0.4, -0.2) is 0 Å². The van der Waals surface area contributed by atoms with Gasteiger partial charge in [-0.25, -0.2) is 0 Å². The van der Waals surface area contributed by atoms with Crippen molar-refractivity contribution >= 4 is 21.5 Å². The van der Waals surface area contributed by atoms with Crippen LogP contribution < -0.4 is 0 Å². The first-order valence-corrected chi connectivity index (χ1v) is 30.0. The molecule has 12 aromatic carbocycles. The monoisotopic (exact) mass is 1110 g/mol. The van der Waals surface area contributed by atoms with Crippen molar-refractivity contribution in [1.82, 2.24) is 0 Å². The summed E-state index contributed by atoms with van der Waals surface area (Å²) in [6.45, 7) is 34.3. The normalized spacial score (nSPS) is 10.1. The van der Waals surface area contributed by atoms with Gasteiger partial charge >= 0.3 is 0 Å². The van der Waals surface area contributed by atoms with Crippen LogP contribution >= 0.6 is 0 Å². The molecule has 0 aromatic heterocycles. The molecule has 85 heavy (non-hydrogen) atoms. The molecule has 0 unspecified atom stereocenters. The molecule has 0 saturated heterocycles. The second kappa shape index (κ2) is 34.7. The number of fused-ring (bicyclic) bond motifs is 2. The number of benzene rings is 12. The summed E-state index contributed by atoms with van der Waals surface area (Å²) in [4.78, 5) is 0. The summed E-state index contributed by atoms with van der Waals surface area (Å²) in [5, 5.41) is 5.33. The van der Waals surface area contributed by atoms with Gasteiger partial charge in [-0.15, -0.1) is 0 Å². The first-order chi connectivity index (χ1) is 40.6. The van der Waals surface area contributed by atoms with Crippen LogP contribution in [-0.2, 0) is 5.41 Å². The van der Waals surface area contributed by atoms with E-state index >= 15 is 0 Å². The molecule has 12 rings (SSSR count). The van der Waals surface area contributed by atoms with Crippen LogP contribution in [0.5, 0.6) is 0 Å². The topological polar surface area (TPSA) is 0 Å². The van der Waals surface area contributed by atoms with E-state index in [1.807, 2.05) is 12.1 Å². The van der Waals surface area contributed by atoms with Crippen molar-refractivity contribution < 1.29 is 0 Å². The second-order valence-electron chi connectivity index (χ2n) is 23.6. The Labute approximate surface area is 514 Å². The highest BCUT2D eigenvalue weighted by molar-refractivity contribution is 5.85. The molecule has 0 atom stereocenters. The lowest BCUT2D eigenvalue weighted by Crippen LogP contribution is -2.10. The van der Waals surface area contributed by atoms with E-state index in [9.17, 15) is 0 Å². The van der Waals surface area contributed by atoms with Crippen molar-refractivity contribution in [1.29, 1.82) is 0 Å². The summed E-state index contributed by atoms with van der Waals surface area (Å²) in [5.74, 6) is 0. The largest absolute Gasteiger partial charge is 0.0622 e. The van der Waals surface area contributed by atoms with Gasteiger partial charge in [0.05, 0.1) is 0 Å². The Bertz CT molecular complexity index is 3760. The van der Waals surface area contributed by atoms with E-state index in [-0.39, 0.29) is 5.41 Å². The van der Waals surface area contributed by atoms with Gasteiger partial charge in [0.2, 0.25) is 0 Å². The highest BCUT2D eigenvalue weighted by Gasteiger charge is 2.12. The van der Waals surface area contributed by atoms with E-state index in [0.29, 0.717) is 0 Å². The average Bonchev–Trinajstić information content (AvgIpc) is 3.65. The minimum absolute atomic E-state index is 0.285. The van der Waals surface area contributed by atoms with Crippen LogP contribution in [0.1, 0.15) is 98.7 Å². The van der Waals surface area contributed by atoms with Crippen molar-refractivity contribution in [2.75, 3.05) is 0 Å². The molecular weight excluding hydrogens is 1020 g/mol. The number of hydrogen-bond donors (Lipinski definition) is 0. The van der Waals surface area contributed by atoms with E-state index in [1.165, 1.54) is 122 Å². The van der Waals surface area contributed by atoms with Crippen molar-refractivity contribution in [2.45, 2.75) is 116 Å². The predicted octanol–water partition coefficient (Wildman–Crippen LogP) is 24.4. The Morgan fingerprint density at radius 3 is 1.02 bits per heavy atom. The summed E-state index contributed by atoms with van der Waals surface area (Å²) in [6.07, 6.45) is 0. The summed E-state index contributed by atoms with van der Waals surface area (Å²) in [7, 11) is 0. The van der Waals surface area contributed by atoms with E-state index in [4.69, 9.17) is 0 Å². The molecule has 0 aliphatic heterocycles. The molecule has 0 heteroatoms. The summed E-state index contributed by atoms with van der Waals surface area (Å²) < 4.78 is 0. The molecule has 434 valence electrons. The van der Waals surface area contributed by atoms with Gasteiger partial charge in [-0.2, -0.15) is 0 Å². The maximum atomic E-state index is 2.23. The Kier molecular flexibility index (Phi) is 27.3. The molecule has 0 radical (unpaired) electrons. The fourth-order valence-electron chi connectivity index (χ4n) is 9.28. The molecule has 12 aromatic rings. The van der Waals surface area contributed by atoms with Crippen LogP contribution in [0.2, 0.25) is 0 Å². The van der Waals surface area contributed by atoms with Crippen molar-refractivity contribution in [3.05, 3.63) is 357 Å². The predicted molar refractivity (Wildman–Crippen MR) is 378 cm³/mol. The minimum Gasteiger partial charge on any atom is -0.0622 e. The van der Waals surface area contributed by atoms with Crippen LogP contribution in [0, 0.1) is 90.0 Å². The standard InChI is InChI=1S/2C13H12.2C11H10.C11H16.C10H14.2C8H10/c1-11-6-5-9-13(10-11)12-7-3-2-4-8-12;1-11-7-9-13(10-8-11)12-5-3-2-4-6-12;1-9-5-4-7-10-6-2-3-8-11(9)10;1-9-6-7-10-4-2-3-5-11(10)8-9;1-9-5-7-10(8-6-9)11(2,3)4;1-7-5-8(2)10(4)9(3)6-7;1-7-3-5-8(2)6-4-7;1-7-4-3-5-8(2)6-7/h2*2-10H,1H3;2*2-8H,1H3;5-8H,1-4H3;5-6H,1-4H3;2*3-6H,1-2H3. The zero-order chi connectivity index (χ0) is 61.7. The van der Waals surface area contributed by atoms with Gasteiger partial charge < -0.3 is 0 Å². The van der Waals surface area contributed by atoms with Crippen LogP contribution in [0.15, 0.2) is 279 Å². The Morgan fingerprint density at radius 1 is 0.200 bits per heavy atom. The van der Waals surface area contributed by atoms with E-state index < -0.39 is 0 Å². The van der Waals surface area contributed by atoms with Gasteiger partial charge in [0.15, 0.2) is 0 Å². The van der Waals surface area contributed by atoms with Crippen molar-refractivity contribution in [3.63, 3.8) is 0 Å². The second-order valence-corrected chi connectivity index (χ2v) is 23.6. The fraction of sp³-hybridized carbons (Fsp3) is 0.200. The maximum Gasteiger partial charge on any atom is -0.0132 e. The maximum absolute atomic E-state index is 2.23. The number of aryl methyl sites for hydroxylation is 12. The lowest BCUT2D eigenvalue weighted by molar-refractivity contribution is 0.590. The quantitative estimate of drug-likeness (QED) is 0.162. The van der Waals surface area contributed by atoms with E-state index in [2.05, 4.69) is 378 Å². The van der Waals surface area contributed by atoms with Gasteiger partial charge in [-0.1, -0.05) is 350 Å². The smallest absolute Gasteiger partial charge is 0.0132 e. The third-order valence-electron chi connectivity index (χ3n) is 14.6. The Balaban J connectivity index is 0.000000178. The van der Waals surface area contributed by atoms with E-state index in [1.54, 1.807) is 0 Å². The lowest BCUT2D eigenvalue weighted by Gasteiger charge is -2.18. The van der Waals surface area contributed by atoms with Crippen LogP contribution in [0.4, 0.5) is 0 Å². The van der Waals surface area contributed by atoms with Crippen molar-refractivity contribution in [3.8, 4) is 22.3 Å². The molecule has 0 spiro atoms. The molecular formula is C85H94. The van der Waals surface area contributed by atoms with Gasteiger partial charge in [-0.05, 0) is 167 Å². The molecule has 0 heterocycles. The zero-order valence-electron chi connectivity index (χ0n) is 54.1. The molecule has 0 saturated carbocycles. The molecule has 0 bridgehead atoms. The summed E-state index contributed by atoms with van der Waals surface area (Å²) in [6, 6.07) is 97.9. The first kappa shape index (κ1) is 67.0. The van der Waals surface area contributed by atoms with Crippen molar-refractivity contribution in [2.24, 2.45) is 0 Å². The molecule has 0 aliphatic carbocycles. The summed E-state index contributed by atoms with van der Waals surface area (Å²) in [5.41, 5.74) is 24.4. The van der Waals surface area contributed by atoms with Crippen LogP contribution in [0.3, 0.4) is 0 Å². The Hall–Kier alpha value is -8.84. The van der Waals surface area contributed by atoms with E-state index in [0.717, 1.165) is 0 Å². The first-order valence-electron chi connectivity index (χ1n) is 30.0. The minimum atomic E-state index is 0.285. The SMILES string of the molecule is Cc1cc(C)c(C)c(C)c1.Cc1ccc(-c2ccccc2)cc1.Cc1ccc(C(C)(C)C)cc1.Cc1ccc(C)cc1.Cc1ccc2ccccc2c1.Cc1cccc(-c2ccccc2)c1.Cc1cccc(C)c1.Cc1cccc2ccccc12. The van der Waals surface area contributed by atoms with Gasteiger partial charge in [0.1, 0.15) is 0 Å². The van der Waals surface area contributed by atoms with Gasteiger partial charge in [0.25, 0.3) is 0 Å². The molecule has 0 fully saturated rings. The summed E-state index contributed by atoms with van der Waals surface area (Å²) >= 11 is 0. The number of rotatable bonds is 2. The van der Waals surface area contributed by atoms with Gasteiger partial charge in [0, 0.05) is 0 Å². The lowest BCUT2D eigenvalue weighted by atomic mass is 9.87. The van der Waals surface area contributed by atoms with Gasteiger partial charge in [-0.3, -0.25) is 0 Å². The molecule has 0 aliphatic rings. The molecule has 0 N–H and O–H groups in total. The number of hydrogen-bond acceptors (Lipinski definition) is 0. The molecule has 0 nitrogen and oxygen atoms in total. The highest BCUT2D eigenvalue weighted by Crippen LogP contribution is 2.23.